The average molecular weight is 392 g/mol. The number of thiazole rings is 1. The molecule has 0 unspecified atom stereocenters. The second kappa shape index (κ2) is 6.04. The summed E-state index contributed by atoms with van der Waals surface area (Å²) in [6.07, 6.45) is 1.72. The van der Waals surface area contributed by atoms with Crippen molar-refractivity contribution < 1.29 is 13.2 Å². The lowest BCUT2D eigenvalue weighted by Gasteiger charge is -2.23. The number of hydrogen-bond donors (Lipinski definition) is 3. The Balaban J connectivity index is 1.59. The van der Waals surface area contributed by atoms with E-state index in [4.69, 9.17) is 5.73 Å². The lowest BCUT2D eigenvalue weighted by atomic mass is 10.2. The van der Waals surface area contributed by atoms with Crippen molar-refractivity contribution >= 4 is 49.4 Å². The molecule has 0 saturated carbocycles. The fourth-order valence-corrected chi connectivity index (χ4v) is 4.80. The number of fused-ring (bicyclic) bond motifs is 2. The van der Waals surface area contributed by atoms with Gasteiger partial charge in [0.15, 0.2) is 11.1 Å². The molecule has 0 atom stereocenters. The van der Waals surface area contributed by atoms with E-state index in [2.05, 4.69) is 20.3 Å². The van der Waals surface area contributed by atoms with Crippen LogP contribution in [0.1, 0.15) is 20.9 Å². The smallest absolute Gasteiger partial charge is 0.259 e. The van der Waals surface area contributed by atoms with Gasteiger partial charge in [0.1, 0.15) is 0 Å². The van der Waals surface area contributed by atoms with Gasteiger partial charge < -0.3 is 10.7 Å². The van der Waals surface area contributed by atoms with Crippen LogP contribution in [0.15, 0.2) is 18.2 Å². The molecule has 0 radical (unpaired) electrons. The van der Waals surface area contributed by atoms with Crippen molar-refractivity contribution in [3.05, 3.63) is 34.3 Å². The maximum atomic E-state index is 12.6. The number of sulfonamides is 1. The van der Waals surface area contributed by atoms with Crippen molar-refractivity contribution in [2.24, 2.45) is 0 Å². The molecular formula is C15H16N6O3S2. The lowest BCUT2D eigenvalue weighted by molar-refractivity contribution is 0.102. The Labute approximate surface area is 153 Å². The number of carbonyl (C=O) groups excluding carboxylic acids is 1. The second-order valence-corrected chi connectivity index (χ2v) is 9.08. The summed E-state index contributed by atoms with van der Waals surface area (Å²) >= 11 is 1.29. The number of rotatable bonds is 3. The van der Waals surface area contributed by atoms with Gasteiger partial charge in [-0.25, -0.2) is 18.4 Å². The fraction of sp³-hybridized carbons (Fsp3) is 0.267. The van der Waals surface area contributed by atoms with Crippen molar-refractivity contribution in [1.29, 1.82) is 0 Å². The Kier molecular flexibility index (Phi) is 3.93. The van der Waals surface area contributed by atoms with Crippen molar-refractivity contribution in [3.63, 3.8) is 0 Å². The van der Waals surface area contributed by atoms with Crippen LogP contribution >= 0.6 is 11.3 Å². The molecule has 136 valence electrons. The molecule has 0 fully saturated rings. The summed E-state index contributed by atoms with van der Waals surface area (Å²) in [4.78, 5) is 24.9. The number of aromatic nitrogens is 3. The number of carbonyl (C=O) groups is 1. The Hall–Kier alpha value is -2.50. The number of benzene rings is 1. The molecule has 0 spiro atoms. The molecule has 9 nitrogen and oxygen atoms in total. The summed E-state index contributed by atoms with van der Waals surface area (Å²) in [5, 5.41) is 3.23. The summed E-state index contributed by atoms with van der Waals surface area (Å²) in [6, 6.07) is 5.17. The van der Waals surface area contributed by atoms with E-state index in [0.29, 0.717) is 34.7 Å². The Bertz CT molecular complexity index is 1120. The highest BCUT2D eigenvalue weighted by Crippen LogP contribution is 2.30. The van der Waals surface area contributed by atoms with Gasteiger partial charge in [-0.15, -0.1) is 11.3 Å². The highest BCUT2D eigenvalue weighted by Gasteiger charge is 2.26. The number of nitrogens with two attached hydrogens (primary N) is 1. The molecule has 26 heavy (non-hydrogen) atoms. The lowest BCUT2D eigenvalue weighted by Crippen LogP contribution is -2.34. The number of anilines is 2. The molecule has 1 aliphatic rings. The van der Waals surface area contributed by atoms with E-state index in [1.165, 1.54) is 21.9 Å². The van der Waals surface area contributed by atoms with Crippen LogP contribution in [0.3, 0.4) is 0 Å². The van der Waals surface area contributed by atoms with Crippen LogP contribution in [-0.2, 0) is 23.0 Å². The van der Waals surface area contributed by atoms with Gasteiger partial charge in [-0.1, -0.05) is 6.07 Å². The van der Waals surface area contributed by atoms with E-state index in [1.54, 1.807) is 18.2 Å². The molecule has 4 N–H and O–H groups in total. The number of nitrogen functional groups attached to an aromatic ring is 1. The number of nitrogens with zero attached hydrogens (tertiary/aromatic N) is 3. The number of hydrogen-bond acceptors (Lipinski definition) is 7. The van der Waals surface area contributed by atoms with Gasteiger partial charge >= 0.3 is 0 Å². The maximum absolute atomic E-state index is 12.6. The average Bonchev–Trinajstić information content (AvgIpc) is 3.13. The first kappa shape index (κ1) is 16.9. The minimum absolute atomic E-state index is 0.242. The Morgan fingerprint density at radius 1 is 1.38 bits per heavy atom. The van der Waals surface area contributed by atoms with Gasteiger partial charge in [-0.2, -0.15) is 4.31 Å². The van der Waals surface area contributed by atoms with E-state index in [1.807, 2.05) is 0 Å². The molecule has 0 saturated heterocycles. The van der Waals surface area contributed by atoms with E-state index >= 15 is 0 Å². The zero-order chi connectivity index (χ0) is 18.5. The SMILES string of the molecule is CS(=O)(=O)N1CCc2nc(NC(=O)c3cccc4nc(N)[nH]c34)sc2C1. The number of amides is 1. The van der Waals surface area contributed by atoms with Crippen LogP contribution in [0.25, 0.3) is 11.0 Å². The van der Waals surface area contributed by atoms with E-state index in [9.17, 15) is 13.2 Å². The normalized spacial score (nSPS) is 15.1. The fourth-order valence-electron chi connectivity index (χ4n) is 2.91. The van der Waals surface area contributed by atoms with Crippen LogP contribution in [0.4, 0.5) is 11.1 Å². The van der Waals surface area contributed by atoms with E-state index in [0.717, 1.165) is 10.6 Å². The van der Waals surface area contributed by atoms with Crippen molar-refractivity contribution in [3.8, 4) is 0 Å². The molecule has 1 amide bonds. The first-order valence-corrected chi connectivity index (χ1v) is 10.5. The Morgan fingerprint density at radius 3 is 2.96 bits per heavy atom. The quantitative estimate of drug-likeness (QED) is 0.612. The minimum Gasteiger partial charge on any atom is -0.369 e. The monoisotopic (exact) mass is 392 g/mol. The van der Waals surface area contributed by atoms with Gasteiger partial charge in [0.2, 0.25) is 10.0 Å². The predicted octanol–water partition coefficient (Wildman–Crippen LogP) is 1.17. The zero-order valence-electron chi connectivity index (χ0n) is 13.8. The van der Waals surface area contributed by atoms with E-state index < -0.39 is 10.0 Å². The molecule has 1 aromatic carbocycles. The standard InChI is InChI=1S/C15H16N6O3S2/c1-26(23,24)21-6-5-9-11(7-21)25-15(18-9)20-13(22)8-3-2-4-10-12(8)19-14(16)17-10/h2-4H,5-7H2,1H3,(H3,16,17,19)(H,18,20,22). The third-order valence-corrected chi connectivity index (χ3v) is 6.41. The Morgan fingerprint density at radius 2 is 2.19 bits per heavy atom. The van der Waals surface area contributed by atoms with Crippen LogP contribution in [0.2, 0.25) is 0 Å². The maximum Gasteiger partial charge on any atom is 0.259 e. The summed E-state index contributed by atoms with van der Waals surface area (Å²) in [7, 11) is -3.25. The first-order valence-electron chi connectivity index (χ1n) is 7.80. The highest BCUT2D eigenvalue weighted by atomic mass is 32.2. The molecule has 2 aromatic heterocycles. The third kappa shape index (κ3) is 3.04. The van der Waals surface area contributed by atoms with Gasteiger partial charge in [0, 0.05) is 24.4 Å². The number of nitrogens with one attached hydrogen (secondary N) is 2. The molecule has 4 rings (SSSR count). The number of imidazole rings is 1. The van der Waals surface area contributed by atoms with Crippen molar-refractivity contribution in [2.45, 2.75) is 13.0 Å². The molecule has 3 heterocycles. The summed E-state index contributed by atoms with van der Waals surface area (Å²) in [5.74, 6) is -0.0869. The molecule has 1 aliphatic heterocycles. The van der Waals surface area contributed by atoms with Crippen LogP contribution in [-0.4, -0.2) is 46.4 Å². The van der Waals surface area contributed by atoms with E-state index in [-0.39, 0.29) is 18.4 Å². The first-order chi connectivity index (χ1) is 12.3. The van der Waals surface area contributed by atoms with Gasteiger partial charge in [-0.05, 0) is 12.1 Å². The van der Waals surface area contributed by atoms with Crippen molar-refractivity contribution in [1.82, 2.24) is 19.3 Å². The molecule has 0 bridgehead atoms. The molecular weight excluding hydrogens is 376 g/mol. The number of aromatic amines is 1. The topological polar surface area (TPSA) is 134 Å². The second-order valence-electron chi connectivity index (χ2n) is 6.01. The summed E-state index contributed by atoms with van der Waals surface area (Å²) < 4.78 is 24.8. The van der Waals surface area contributed by atoms with Gasteiger partial charge in [0.25, 0.3) is 5.91 Å². The third-order valence-electron chi connectivity index (χ3n) is 4.17. The van der Waals surface area contributed by atoms with Gasteiger partial charge in [0.05, 0.1) is 28.5 Å². The number of para-hydroxylation sites is 1. The minimum atomic E-state index is -3.25. The number of H-pyrrole nitrogens is 1. The van der Waals surface area contributed by atoms with Crippen LogP contribution in [0.5, 0.6) is 0 Å². The summed E-state index contributed by atoms with van der Waals surface area (Å²) in [6.45, 7) is 0.685. The van der Waals surface area contributed by atoms with Gasteiger partial charge in [-0.3, -0.25) is 10.1 Å². The molecule has 11 heteroatoms. The molecule has 3 aromatic rings. The van der Waals surface area contributed by atoms with Crippen LogP contribution in [0, 0.1) is 0 Å². The zero-order valence-corrected chi connectivity index (χ0v) is 15.4. The largest absolute Gasteiger partial charge is 0.369 e. The predicted molar refractivity (Wildman–Crippen MR) is 99.5 cm³/mol. The van der Waals surface area contributed by atoms with Crippen molar-refractivity contribution in [2.75, 3.05) is 23.9 Å². The molecule has 0 aliphatic carbocycles. The van der Waals surface area contributed by atoms with Crippen LogP contribution < -0.4 is 11.1 Å². The summed E-state index contributed by atoms with van der Waals surface area (Å²) in [5.41, 5.74) is 8.08. The highest BCUT2D eigenvalue weighted by molar-refractivity contribution is 7.88.